The van der Waals surface area contributed by atoms with Crippen LogP contribution in [0.15, 0.2) is 0 Å². The Morgan fingerprint density at radius 2 is 1.86 bits per heavy atom. The fourth-order valence-corrected chi connectivity index (χ4v) is 1.23. The molecule has 0 saturated carbocycles. The predicted molar refractivity (Wildman–Crippen MR) is 61.5 cm³/mol. The number of hydrogen-bond donors (Lipinski definition) is 3. The standard InChI is InChI=1S/C11H26N2O/c1-5-6-10(14)9-12-7-8-13-11(2,3)4/h10,12-14H,5-9H2,1-4H3. The van der Waals surface area contributed by atoms with Gasteiger partial charge in [-0.25, -0.2) is 0 Å². The first-order valence-corrected chi connectivity index (χ1v) is 5.59. The van der Waals surface area contributed by atoms with Gasteiger partial charge in [0.15, 0.2) is 0 Å². The van der Waals surface area contributed by atoms with Crippen molar-refractivity contribution in [2.75, 3.05) is 19.6 Å². The van der Waals surface area contributed by atoms with Gasteiger partial charge in [-0.3, -0.25) is 0 Å². The van der Waals surface area contributed by atoms with Crippen LogP contribution in [0.5, 0.6) is 0 Å². The number of nitrogens with one attached hydrogen (secondary N) is 2. The van der Waals surface area contributed by atoms with E-state index in [0.717, 1.165) is 25.9 Å². The topological polar surface area (TPSA) is 44.3 Å². The summed E-state index contributed by atoms with van der Waals surface area (Å²) in [6, 6.07) is 0. The molecule has 0 heterocycles. The van der Waals surface area contributed by atoms with Crippen LogP contribution in [0, 0.1) is 0 Å². The minimum Gasteiger partial charge on any atom is -0.392 e. The SMILES string of the molecule is CCCC(O)CNCCNC(C)(C)C. The van der Waals surface area contributed by atoms with Crippen LogP contribution < -0.4 is 10.6 Å². The fourth-order valence-electron chi connectivity index (χ4n) is 1.23. The quantitative estimate of drug-likeness (QED) is 0.542. The molecule has 0 rings (SSSR count). The predicted octanol–water partition coefficient (Wildman–Crippen LogP) is 1.13. The van der Waals surface area contributed by atoms with Crippen molar-refractivity contribution in [2.24, 2.45) is 0 Å². The second-order valence-corrected chi connectivity index (χ2v) is 4.82. The van der Waals surface area contributed by atoms with Crippen LogP contribution in [0.1, 0.15) is 40.5 Å². The Bertz CT molecular complexity index is 132. The van der Waals surface area contributed by atoms with Gasteiger partial charge in [0.05, 0.1) is 6.10 Å². The molecule has 3 nitrogen and oxygen atoms in total. The molecule has 1 unspecified atom stereocenters. The molecule has 1 atom stereocenters. The molecule has 0 aliphatic heterocycles. The van der Waals surface area contributed by atoms with Gasteiger partial charge >= 0.3 is 0 Å². The van der Waals surface area contributed by atoms with Crippen LogP contribution >= 0.6 is 0 Å². The van der Waals surface area contributed by atoms with Crippen molar-refractivity contribution in [1.29, 1.82) is 0 Å². The zero-order valence-corrected chi connectivity index (χ0v) is 10.1. The van der Waals surface area contributed by atoms with Crippen molar-refractivity contribution >= 4 is 0 Å². The fraction of sp³-hybridized carbons (Fsp3) is 1.00. The molecule has 0 amide bonds. The lowest BCUT2D eigenvalue weighted by Crippen LogP contribution is -2.41. The highest BCUT2D eigenvalue weighted by Crippen LogP contribution is 1.96. The Kier molecular flexibility index (Phi) is 7.15. The van der Waals surface area contributed by atoms with E-state index in [0.29, 0.717) is 6.54 Å². The van der Waals surface area contributed by atoms with Gasteiger partial charge in [0, 0.05) is 25.2 Å². The lowest BCUT2D eigenvalue weighted by atomic mass is 10.1. The molecule has 0 fully saturated rings. The van der Waals surface area contributed by atoms with Crippen LogP contribution in [-0.4, -0.2) is 36.4 Å². The van der Waals surface area contributed by atoms with Crippen LogP contribution in [0.2, 0.25) is 0 Å². The summed E-state index contributed by atoms with van der Waals surface area (Å²) in [6.07, 6.45) is 1.75. The first-order chi connectivity index (χ1) is 6.45. The summed E-state index contributed by atoms with van der Waals surface area (Å²) >= 11 is 0. The summed E-state index contributed by atoms with van der Waals surface area (Å²) in [7, 11) is 0. The highest BCUT2D eigenvalue weighted by molar-refractivity contribution is 4.70. The van der Waals surface area contributed by atoms with Gasteiger partial charge < -0.3 is 15.7 Å². The normalized spacial score (nSPS) is 14.4. The maximum absolute atomic E-state index is 9.43. The number of aliphatic hydroxyl groups excluding tert-OH is 1. The number of rotatable bonds is 7. The Hall–Kier alpha value is -0.120. The van der Waals surface area contributed by atoms with Gasteiger partial charge in [0.25, 0.3) is 0 Å². The highest BCUT2D eigenvalue weighted by Gasteiger charge is 2.07. The molecule has 0 radical (unpaired) electrons. The zero-order chi connectivity index (χ0) is 11.0. The second kappa shape index (κ2) is 7.21. The largest absolute Gasteiger partial charge is 0.392 e. The molecule has 3 heteroatoms. The van der Waals surface area contributed by atoms with E-state index in [1.807, 2.05) is 0 Å². The smallest absolute Gasteiger partial charge is 0.0664 e. The minimum absolute atomic E-state index is 0.184. The van der Waals surface area contributed by atoms with Crippen molar-refractivity contribution in [3.05, 3.63) is 0 Å². The summed E-state index contributed by atoms with van der Waals surface area (Å²) in [5.41, 5.74) is 0.184. The summed E-state index contributed by atoms with van der Waals surface area (Å²) in [4.78, 5) is 0. The molecule has 86 valence electrons. The molecule has 0 bridgehead atoms. The highest BCUT2D eigenvalue weighted by atomic mass is 16.3. The Morgan fingerprint density at radius 3 is 2.36 bits per heavy atom. The third-order valence-electron chi connectivity index (χ3n) is 1.96. The van der Waals surface area contributed by atoms with E-state index in [2.05, 4.69) is 38.3 Å². The molecule has 0 spiro atoms. The molecular weight excluding hydrogens is 176 g/mol. The van der Waals surface area contributed by atoms with Gasteiger partial charge in [-0.2, -0.15) is 0 Å². The Morgan fingerprint density at radius 1 is 1.21 bits per heavy atom. The Balaban J connectivity index is 3.21. The van der Waals surface area contributed by atoms with E-state index in [-0.39, 0.29) is 11.6 Å². The average molecular weight is 202 g/mol. The monoisotopic (exact) mass is 202 g/mol. The Labute approximate surface area is 88.3 Å². The molecule has 3 N–H and O–H groups in total. The maximum atomic E-state index is 9.43. The molecule has 0 aromatic heterocycles. The van der Waals surface area contributed by atoms with E-state index in [4.69, 9.17) is 0 Å². The molecular formula is C11H26N2O. The van der Waals surface area contributed by atoms with Crippen LogP contribution in [-0.2, 0) is 0 Å². The average Bonchev–Trinajstić information content (AvgIpc) is 2.02. The summed E-state index contributed by atoms with van der Waals surface area (Å²) in [5, 5.41) is 16.0. The summed E-state index contributed by atoms with van der Waals surface area (Å²) in [5.74, 6) is 0. The second-order valence-electron chi connectivity index (χ2n) is 4.82. The molecule has 0 aliphatic rings. The van der Waals surface area contributed by atoms with Gasteiger partial charge in [-0.15, -0.1) is 0 Å². The van der Waals surface area contributed by atoms with E-state index >= 15 is 0 Å². The van der Waals surface area contributed by atoms with Gasteiger partial charge in [-0.1, -0.05) is 13.3 Å². The maximum Gasteiger partial charge on any atom is 0.0664 e. The number of aliphatic hydroxyl groups is 1. The van der Waals surface area contributed by atoms with Crippen molar-refractivity contribution < 1.29 is 5.11 Å². The lowest BCUT2D eigenvalue weighted by molar-refractivity contribution is 0.161. The van der Waals surface area contributed by atoms with Crippen molar-refractivity contribution in [2.45, 2.75) is 52.2 Å². The first-order valence-electron chi connectivity index (χ1n) is 5.59. The lowest BCUT2D eigenvalue weighted by Gasteiger charge is -2.20. The number of hydrogen-bond acceptors (Lipinski definition) is 3. The molecule has 0 aromatic carbocycles. The third-order valence-corrected chi connectivity index (χ3v) is 1.96. The van der Waals surface area contributed by atoms with Gasteiger partial charge in [0.2, 0.25) is 0 Å². The summed E-state index contributed by atoms with van der Waals surface area (Å²) < 4.78 is 0. The van der Waals surface area contributed by atoms with E-state index in [1.165, 1.54) is 0 Å². The van der Waals surface area contributed by atoms with Crippen LogP contribution in [0.3, 0.4) is 0 Å². The molecule has 0 aromatic rings. The third kappa shape index (κ3) is 9.96. The molecule has 0 saturated heterocycles. The van der Waals surface area contributed by atoms with E-state index < -0.39 is 0 Å². The first kappa shape index (κ1) is 13.9. The van der Waals surface area contributed by atoms with Crippen LogP contribution in [0.4, 0.5) is 0 Å². The van der Waals surface area contributed by atoms with Gasteiger partial charge in [-0.05, 0) is 27.2 Å². The van der Waals surface area contributed by atoms with Gasteiger partial charge in [0.1, 0.15) is 0 Å². The van der Waals surface area contributed by atoms with Crippen molar-refractivity contribution in [3.8, 4) is 0 Å². The van der Waals surface area contributed by atoms with Crippen molar-refractivity contribution in [3.63, 3.8) is 0 Å². The molecule has 0 aliphatic carbocycles. The van der Waals surface area contributed by atoms with E-state index in [1.54, 1.807) is 0 Å². The summed E-state index contributed by atoms with van der Waals surface area (Å²) in [6.45, 7) is 11.1. The van der Waals surface area contributed by atoms with Crippen LogP contribution in [0.25, 0.3) is 0 Å². The van der Waals surface area contributed by atoms with Crippen molar-refractivity contribution in [1.82, 2.24) is 10.6 Å². The zero-order valence-electron chi connectivity index (χ0n) is 10.1. The minimum atomic E-state index is -0.186. The molecule has 14 heavy (non-hydrogen) atoms. The van der Waals surface area contributed by atoms with E-state index in [9.17, 15) is 5.11 Å².